The van der Waals surface area contributed by atoms with E-state index in [-0.39, 0.29) is 49.0 Å². The Labute approximate surface area is 193 Å². The SMILES string of the molecule is COc1cccc([C@]2(CC(=O)N(C)Cc3ccc(F)cc3)CC(=O)N(C3CCCC3)C2=O)c1. The van der Waals surface area contributed by atoms with Gasteiger partial charge >= 0.3 is 0 Å². The van der Waals surface area contributed by atoms with Crippen molar-refractivity contribution in [2.24, 2.45) is 0 Å². The van der Waals surface area contributed by atoms with Crippen LogP contribution in [0.2, 0.25) is 0 Å². The smallest absolute Gasteiger partial charge is 0.241 e. The van der Waals surface area contributed by atoms with Crippen molar-refractivity contribution in [1.29, 1.82) is 0 Å². The van der Waals surface area contributed by atoms with Crippen molar-refractivity contribution in [2.75, 3.05) is 14.2 Å². The molecule has 6 nitrogen and oxygen atoms in total. The Morgan fingerprint density at radius 1 is 1.15 bits per heavy atom. The van der Waals surface area contributed by atoms with Gasteiger partial charge in [-0.2, -0.15) is 0 Å². The maximum atomic E-state index is 13.8. The van der Waals surface area contributed by atoms with E-state index in [4.69, 9.17) is 4.74 Å². The van der Waals surface area contributed by atoms with Gasteiger partial charge < -0.3 is 9.64 Å². The quantitative estimate of drug-likeness (QED) is 0.599. The molecule has 7 heteroatoms. The van der Waals surface area contributed by atoms with E-state index >= 15 is 0 Å². The Morgan fingerprint density at radius 2 is 1.85 bits per heavy atom. The first kappa shape index (κ1) is 23.0. The van der Waals surface area contributed by atoms with E-state index in [0.717, 1.165) is 31.2 Å². The van der Waals surface area contributed by atoms with Gasteiger partial charge in [0.05, 0.1) is 12.5 Å². The number of likely N-dealkylation sites (tertiary alicyclic amines) is 1. The predicted octanol–water partition coefficient (Wildman–Crippen LogP) is 3.82. The maximum Gasteiger partial charge on any atom is 0.241 e. The van der Waals surface area contributed by atoms with Crippen molar-refractivity contribution in [2.45, 2.75) is 56.5 Å². The Hall–Kier alpha value is -3.22. The van der Waals surface area contributed by atoms with Crippen LogP contribution in [0.4, 0.5) is 4.39 Å². The van der Waals surface area contributed by atoms with Gasteiger partial charge in [0.1, 0.15) is 11.6 Å². The molecule has 2 fully saturated rings. The van der Waals surface area contributed by atoms with Crippen molar-refractivity contribution in [3.63, 3.8) is 0 Å². The Balaban J connectivity index is 1.64. The Bertz CT molecular complexity index is 1050. The first-order valence-electron chi connectivity index (χ1n) is 11.3. The number of hydrogen-bond donors (Lipinski definition) is 0. The highest BCUT2D eigenvalue weighted by Crippen LogP contribution is 2.43. The number of ether oxygens (including phenoxy) is 1. The van der Waals surface area contributed by atoms with Crippen LogP contribution in [0.15, 0.2) is 48.5 Å². The molecule has 2 aromatic carbocycles. The summed E-state index contributed by atoms with van der Waals surface area (Å²) >= 11 is 0. The zero-order chi connectivity index (χ0) is 23.6. The zero-order valence-electron chi connectivity index (χ0n) is 19.1. The molecule has 1 aliphatic carbocycles. The molecular weight excluding hydrogens is 423 g/mol. The summed E-state index contributed by atoms with van der Waals surface area (Å²) < 4.78 is 18.6. The maximum absolute atomic E-state index is 13.8. The first-order chi connectivity index (χ1) is 15.8. The Kier molecular flexibility index (Phi) is 6.49. The third kappa shape index (κ3) is 4.49. The lowest BCUT2D eigenvalue weighted by molar-refractivity contribution is -0.144. The lowest BCUT2D eigenvalue weighted by Crippen LogP contribution is -2.45. The second-order valence-electron chi connectivity index (χ2n) is 9.05. The second kappa shape index (κ2) is 9.33. The molecule has 1 saturated carbocycles. The number of hydrogen-bond acceptors (Lipinski definition) is 4. The number of carbonyl (C=O) groups is 3. The third-order valence-electron chi connectivity index (χ3n) is 6.87. The molecule has 33 heavy (non-hydrogen) atoms. The standard InChI is InChI=1S/C26H29FN2O4/c1-28(17-18-10-12-20(27)13-11-18)23(30)15-26(19-6-5-9-22(14-19)33-2)16-24(31)29(25(26)32)21-7-3-4-8-21/h5-6,9-14,21H,3-4,7-8,15-17H2,1-2H3/t26-/m0/s1. The molecule has 0 unspecified atom stereocenters. The van der Waals surface area contributed by atoms with Gasteiger partial charge in [-0.25, -0.2) is 4.39 Å². The van der Waals surface area contributed by atoms with E-state index in [0.29, 0.717) is 11.3 Å². The van der Waals surface area contributed by atoms with Gasteiger partial charge in [0, 0.05) is 32.5 Å². The average Bonchev–Trinajstić information content (AvgIpc) is 3.42. The van der Waals surface area contributed by atoms with Crippen LogP contribution in [0, 0.1) is 5.82 Å². The summed E-state index contributed by atoms with van der Waals surface area (Å²) in [5.74, 6) is -0.540. The summed E-state index contributed by atoms with van der Waals surface area (Å²) in [5.41, 5.74) is 0.135. The van der Waals surface area contributed by atoms with Crippen LogP contribution in [0.3, 0.4) is 0 Å². The van der Waals surface area contributed by atoms with Crippen LogP contribution in [-0.4, -0.2) is 47.7 Å². The van der Waals surface area contributed by atoms with Crippen LogP contribution < -0.4 is 4.74 Å². The molecule has 0 aromatic heterocycles. The summed E-state index contributed by atoms with van der Waals surface area (Å²) in [5, 5.41) is 0. The summed E-state index contributed by atoms with van der Waals surface area (Å²) in [7, 11) is 3.20. The number of nitrogens with zero attached hydrogens (tertiary/aromatic N) is 2. The molecule has 174 valence electrons. The molecule has 3 amide bonds. The topological polar surface area (TPSA) is 66.9 Å². The fourth-order valence-electron chi connectivity index (χ4n) is 5.03. The monoisotopic (exact) mass is 452 g/mol. The number of amides is 3. The van der Waals surface area contributed by atoms with E-state index in [1.165, 1.54) is 21.9 Å². The van der Waals surface area contributed by atoms with Crippen LogP contribution in [-0.2, 0) is 26.3 Å². The number of halogens is 1. The fraction of sp³-hybridized carbons (Fsp3) is 0.423. The van der Waals surface area contributed by atoms with Crippen molar-refractivity contribution in [1.82, 2.24) is 9.80 Å². The molecule has 1 atom stereocenters. The van der Waals surface area contributed by atoms with E-state index in [1.54, 1.807) is 50.6 Å². The van der Waals surface area contributed by atoms with Crippen LogP contribution in [0.1, 0.15) is 49.7 Å². The van der Waals surface area contributed by atoms with Gasteiger partial charge in [0.25, 0.3) is 0 Å². The minimum atomic E-state index is -1.26. The molecule has 2 aromatic rings. The molecule has 0 spiro atoms. The highest BCUT2D eigenvalue weighted by atomic mass is 19.1. The lowest BCUT2D eigenvalue weighted by Gasteiger charge is -2.31. The molecular formula is C26H29FN2O4. The van der Waals surface area contributed by atoms with Crippen molar-refractivity contribution in [3.05, 3.63) is 65.5 Å². The summed E-state index contributed by atoms with van der Waals surface area (Å²) in [6.07, 6.45) is 3.45. The van der Waals surface area contributed by atoms with Crippen LogP contribution in [0.5, 0.6) is 5.75 Å². The van der Waals surface area contributed by atoms with Crippen LogP contribution >= 0.6 is 0 Å². The average molecular weight is 453 g/mol. The summed E-state index contributed by atoms with van der Waals surface area (Å²) in [6, 6.07) is 13.0. The van der Waals surface area contributed by atoms with Crippen molar-refractivity contribution in [3.8, 4) is 5.75 Å². The van der Waals surface area contributed by atoms with Gasteiger partial charge in [-0.1, -0.05) is 37.1 Å². The lowest BCUT2D eigenvalue weighted by atomic mass is 9.75. The van der Waals surface area contributed by atoms with E-state index in [1.807, 2.05) is 0 Å². The minimum Gasteiger partial charge on any atom is -0.497 e. The molecule has 1 aliphatic heterocycles. The predicted molar refractivity (Wildman–Crippen MR) is 121 cm³/mol. The summed E-state index contributed by atoms with van der Waals surface area (Å²) in [4.78, 5) is 43.2. The van der Waals surface area contributed by atoms with Crippen LogP contribution in [0.25, 0.3) is 0 Å². The Morgan fingerprint density at radius 3 is 2.52 bits per heavy atom. The highest BCUT2D eigenvalue weighted by Gasteiger charge is 2.55. The third-order valence-corrected chi connectivity index (χ3v) is 6.87. The fourth-order valence-corrected chi connectivity index (χ4v) is 5.03. The largest absolute Gasteiger partial charge is 0.497 e. The molecule has 1 heterocycles. The highest BCUT2D eigenvalue weighted by molar-refractivity contribution is 6.11. The van der Waals surface area contributed by atoms with Gasteiger partial charge in [0.2, 0.25) is 17.7 Å². The van der Waals surface area contributed by atoms with E-state index in [2.05, 4.69) is 0 Å². The molecule has 2 aliphatic rings. The molecule has 0 radical (unpaired) electrons. The van der Waals surface area contributed by atoms with Gasteiger partial charge in [0.15, 0.2) is 0 Å². The molecule has 0 N–H and O–H groups in total. The normalized spacial score (nSPS) is 21.0. The number of rotatable bonds is 7. The van der Waals surface area contributed by atoms with Crippen molar-refractivity contribution < 1.29 is 23.5 Å². The minimum absolute atomic E-state index is 0.0361. The molecule has 0 bridgehead atoms. The van der Waals surface area contributed by atoms with Crippen molar-refractivity contribution >= 4 is 17.7 Å². The van der Waals surface area contributed by atoms with E-state index < -0.39 is 5.41 Å². The number of methoxy groups -OCH3 is 1. The zero-order valence-corrected chi connectivity index (χ0v) is 19.1. The van der Waals surface area contributed by atoms with Gasteiger partial charge in [-0.15, -0.1) is 0 Å². The molecule has 4 rings (SSSR count). The van der Waals surface area contributed by atoms with E-state index in [9.17, 15) is 18.8 Å². The summed E-state index contributed by atoms with van der Waals surface area (Å²) in [6.45, 7) is 0.280. The van der Waals surface area contributed by atoms with Gasteiger partial charge in [-0.3, -0.25) is 19.3 Å². The second-order valence-corrected chi connectivity index (χ2v) is 9.05. The van der Waals surface area contributed by atoms with Gasteiger partial charge in [-0.05, 0) is 48.2 Å². The number of benzene rings is 2. The number of imide groups is 1. The molecule has 1 saturated heterocycles. The first-order valence-corrected chi connectivity index (χ1v) is 11.3. The number of carbonyl (C=O) groups excluding carboxylic acids is 3.